The molecule has 0 saturated heterocycles. The molecule has 1 amide bonds. The molecule has 4 heteroatoms. The molecule has 0 aliphatic rings. The van der Waals surface area contributed by atoms with E-state index in [-0.39, 0.29) is 7.52 Å². The molecule has 0 spiro atoms. The zero-order chi connectivity index (χ0) is 16.3. The summed E-state index contributed by atoms with van der Waals surface area (Å²) in [5.41, 5.74) is 0.751. The number of alkyl carbamates (subject to hydrolysis) is 1. The zero-order valence-electron chi connectivity index (χ0n) is 14.2. The van der Waals surface area contributed by atoms with Crippen LogP contribution in [-0.2, 0) is 4.74 Å². The fourth-order valence-corrected chi connectivity index (χ4v) is 1.40. The molecule has 21 heavy (non-hydrogen) atoms. The second-order valence-corrected chi connectivity index (χ2v) is 5.44. The minimum atomic E-state index is -0.456. The fraction of sp³-hybridized carbons (Fsp3) is 0.588. The van der Waals surface area contributed by atoms with Gasteiger partial charge >= 0.3 is 6.09 Å². The Morgan fingerprint density at radius 3 is 2.29 bits per heavy atom. The second kappa shape index (κ2) is 10.1. The smallest absolute Gasteiger partial charge is 0.407 e. The third-order valence-corrected chi connectivity index (χ3v) is 2.28. The van der Waals surface area contributed by atoms with E-state index in [1.54, 1.807) is 0 Å². The Balaban J connectivity index is 0. The number of amides is 1. The maximum atomic E-state index is 11.4. The van der Waals surface area contributed by atoms with E-state index in [9.17, 15) is 4.79 Å². The number of nitrogens with one attached hydrogen (secondary N) is 1. The third kappa shape index (κ3) is 10.7. The number of carbonyl (C=O) groups excluding carboxylic acids is 1. The van der Waals surface area contributed by atoms with E-state index < -0.39 is 5.60 Å². The molecule has 0 fully saturated rings. The summed E-state index contributed by atoms with van der Waals surface area (Å²) in [4.78, 5) is 11.4. The monoisotopic (exact) mass is 297 g/mol. The fourth-order valence-electron chi connectivity index (χ4n) is 1.40. The summed E-state index contributed by atoms with van der Waals surface area (Å²) in [7, 11) is 0. The molecule has 0 bridgehead atoms. The van der Waals surface area contributed by atoms with Crippen LogP contribution in [0.4, 0.5) is 4.79 Å². The van der Waals surface area contributed by atoms with Gasteiger partial charge in [-0.15, -0.1) is 0 Å². The quantitative estimate of drug-likeness (QED) is 0.810. The third-order valence-electron chi connectivity index (χ3n) is 2.28. The summed E-state index contributed by atoms with van der Waals surface area (Å²) in [6.07, 6.45) is 0.357. The van der Waals surface area contributed by atoms with Crippen LogP contribution in [0.1, 0.15) is 48.0 Å². The molecular weight excluding hydrogens is 266 g/mol. The Morgan fingerprint density at radius 2 is 1.76 bits per heavy atom. The number of aryl methyl sites for hydroxylation is 1. The van der Waals surface area contributed by atoms with Gasteiger partial charge < -0.3 is 14.8 Å². The highest BCUT2D eigenvalue weighted by Crippen LogP contribution is 2.11. The highest BCUT2D eigenvalue weighted by atomic mass is 16.6. The van der Waals surface area contributed by atoms with Crippen LogP contribution in [0.15, 0.2) is 24.3 Å². The van der Waals surface area contributed by atoms with Gasteiger partial charge in [0.1, 0.15) is 11.4 Å². The summed E-state index contributed by atoms with van der Waals surface area (Å²) in [6, 6.07) is 7.90. The Morgan fingerprint density at radius 1 is 1.19 bits per heavy atom. The van der Waals surface area contributed by atoms with Crippen molar-refractivity contribution in [2.45, 2.75) is 53.6 Å². The van der Waals surface area contributed by atoms with E-state index >= 15 is 0 Å². The van der Waals surface area contributed by atoms with Crippen LogP contribution in [0, 0.1) is 6.92 Å². The maximum Gasteiger partial charge on any atom is 0.407 e. The normalized spacial score (nSPS) is 10.2. The highest BCUT2D eigenvalue weighted by molar-refractivity contribution is 5.67. The Bertz CT molecular complexity index is 399. The van der Waals surface area contributed by atoms with Crippen LogP contribution >= 0.6 is 0 Å². The van der Waals surface area contributed by atoms with Gasteiger partial charge in [-0.05, 0) is 46.2 Å². The van der Waals surface area contributed by atoms with Crippen molar-refractivity contribution < 1.29 is 15.7 Å². The van der Waals surface area contributed by atoms with E-state index in [1.807, 2.05) is 65.8 Å². The van der Waals surface area contributed by atoms with Gasteiger partial charge in [0.2, 0.25) is 0 Å². The lowest BCUT2D eigenvalue weighted by atomic mass is 10.2. The van der Waals surface area contributed by atoms with Crippen molar-refractivity contribution in [2.24, 2.45) is 0 Å². The number of ether oxygens (including phenoxy) is 2. The Labute approximate surface area is 130 Å². The molecule has 122 valence electrons. The van der Waals surface area contributed by atoms with Crippen LogP contribution < -0.4 is 10.1 Å². The SMILES string of the molecule is CC.Cc1ccc(OCCCNC(=O)OC(C)(C)C)cc1.[HH]. The highest BCUT2D eigenvalue weighted by Gasteiger charge is 2.15. The van der Waals surface area contributed by atoms with Gasteiger partial charge in [-0.25, -0.2) is 4.79 Å². The van der Waals surface area contributed by atoms with Crippen LogP contribution in [0.3, 0.4) is 0 Å². The number of carbonyl (C=O) groups is 1. The largest absolute Gasteiger partial charge is 0.494 e. The van der Waals surface area contributed by atoms with Gasteiger partial charge in [0.15, 0.2) is 0 Å². The molecule has 1 aromatic carbocycles. The molecule has 0 aliphatic heterocycles. The van der Waals surface area contributed by atoms with Crippen LogP contribution in [0.5, 0.6) is 5.75 Å². The summed E-state index contributed by atoms with van der Waals surface area (Å²) in [5.74, 6) is 0.850. The van der Waals surface area contributed by atoms with Crippen molar-refractivity contribution in [1.29, 1.82) is 0 Å². The molecule has 0 unspecified atom stereocenters. The molecule has 0 aromatic heterocycles. The lowest BCUT2D eigenvalue weighted by Crippen LogP contribution is -2.33. The molecule has 1 N–H and O–H groups in total. The minimum Gasteiger partial charge on any atom is -0.494 e. The number of hydrogen-bond acceptors (Lipinski definition) is 3. The van der Waals surface area contributed by atoms with Crippen LogP contribution in [-0.4, -0.2) is 24.8 Å². The summed E-state index contributed by atoms with van der Waals surface area (Å²) in [6.45, 7) is 12.7. The molecule has 1 aromatic rings. The topological polar surface area (TPSA) is 47.6 Å². The van der Waals surface area contributed by atoms with Gasteiger partial charge in [0, 0.05) is 7.97 Å². The van der Waals surface area contributed by atoms with E-state index in [1.165, 1.54) is 5.56 Å². The first-order valence-corrected chi connectivity index (χ1v) is 7.53. The average molecular weight is 297 g/mol. The number of benzene rings is 1. The van der Waals surface area contributed by atoms with Crippen molar-refractivity contribution in [3.63, 3.8) is 0 Å². The average Bonchev–Trinajstić information content (AvgIpc) is 2.41. The molecule has 0 atom stereocenters. The lowest BCUT2D eigenvalue weighted by Gasteiger charge is -2.19. The Hall–Kier alpha value is -1.71. The first-order valence-electron chi connectivity index (χ1n) is 7.53. The van der Waals surface area contributed by atoms with Gasteiger partial charge in [0.05, 0.1) is 6.61 Å². The van der Waals surface area contributed by atoms with Crippen LogP contribution in [0.25, 0.3) is 0 Å². The predicted molar refractivity (Wildman–Crippen MR) is 89.0 cm³/mol. The standard InChI is InChI=1S/C15H23NO3.C2H6.H2/c1-12-6-8-13(9-7-12)18-11-5-10-16-14(17)19-15(2,3)4;1-2;/h6-9H,5,10-11H2,1-4H3,(H,16,17);1-2H3;1H. The number of hydrogen-bond donors (Lipinski definition) is 1. The van der Waals surface area contributed by atoms with Crippen LogP contribution in [0.2, 0.25) is 0 Å². The molecule has 0 heterocycles. The zero-order valence-corrected chi connectivity index (χ0v) is 14.2. The van der Waals surface area contributed by atoms with E-state index in [2.05, 4.69) is 5.32 Å². The molecular formula is C17H31NO3. The van der Waals surface area contributed by atoms with Crippen molar-refractivity contribution in [2.75, 3.05) is 13.2 Å². The van der Waals surface area contributed by atoms with Gasteiger partial charge in [-0.3, -0.25) is 0 Å². The first-order chi connectivity index (χ1) is 9.87. The predicted octanol–water partition coefficient (Wildman–Crippen LogP) is 4.56. The first kappa shape index (κ1) is 19.3. The second-order valence-electron chi connectivity index (χ2n) is 5.44. The lowest BCUT2D eigenvalue weighted by molar-refractivity contribution is 0.0525. The molecule has 0 saturated carbocycles. The van der Waals surface area contributed by atoms with E-state index in [4.69, 9.17) is 9.47 Å². The van der Waals surface area contributed by atoms with Gasteiger partial charge in [-0.2, -0.15) is 0 Å². The molecule has 4 nitrogen and oxygen atoms in total. The van der Waals surface area contributed by atoms with Gasteiger partial charge in [0.25, 0.3) is 0 Å². The van der Waals surface area contributed by atoms with Crippen molar-refractivity contribution >= 4 is 6.09 Å². The molecule has 0 radical (unpaired) electrons. The van der Waals surface area contributed by atoms with Crippen molar-refractivity contribution in [3.8, 4) is 5.75 Å². The Kier molecular flexibility index (Phi) is 9.26. The van der Waals surface area contributed by atoms with E-state index in [0.717, 1.165) is 12.2 Å². The van der Waals surface area contributed by atoms with Crippen molar-refractivity contribution in [1.82, 2.24) is 5.32 Å². The molecule has 0 aliphatic carbocycles. The number of rotatable bonds is 5. The van der Waals surface area contributed by atoms with Gasteiger partial charge in [-0.1, -0.05) is 31.5 Å². The van der Waals surface area contributed by atoms with E-state index in [0.29, 0.717) is 13.2 Å². The maximum absolute atomic E-state index is 11.4. The summed E-state index contributed by atoms with van der Waals surface area (Å²) >= 11 is 0. The van der Waals surface area contributed by atoms with Crippen molar-refractivity contribution in [3.05, 3.63) is 29.8 Å². The summed E-state index contributed by atoms with van der Waals surface area (Å²) in [5, 5.41) is 2.69. The molecule has 1 rings (SSSR count). The summed E-state index contributed by atoms with van der Waals surface area (Å²) < 4.78 is 10.7. The minimum absolute atomic E-state index is 0.